The van der Waals surface area contributed by atoms with Gasteiger partial charge in [-0.1, -0.05) is 0 Å². The third kappa shape index (κ3) is 6.76. The van der Waals surface area contributed by atoms with Gasteiger partial charge in [0.15, 0.2) is 5.96 Å². The Balaban J connectivity index is 0.00000242. The van der Waals surface area contributed by atoms with E-state index in [0.29, 0.717) is 19.8 Å². The first-order valence-corrected chi connectivity index (χ1v) is 8.07. The number of aromatic nitrogens is 1. The fourth-order valence-corrected chi connectivity index (χ4v) is 2.76. The number of aryl methyl sites for hydroxylation is 1. The maximum Gasteiger partial charge on any atom is 0.191 e. The predicted octanol–water partition coefficient (Wildman–Crippen LogP) is 1.93. The number of rotatable bonds is 6. The van der Waals surface area contributed by atoms with Crippen LogP contribution in [0.2, 0.25) is 0 Å². The van der Waals surface area contributed by atoms with Crippen LogP contribution in [0.5, 0.6) is 0 Å². The summed E-state index contributed by atoms with van der Waals surface area (Å²) in [5.41, 5.74) is 0. The molecule has 2 atom stereocenters. The summed E-state index contributed by atoms with van der Waals surface area (Å²) in [6, 6.07) is 0.190. The van der Waals surface area contributed by atoms with Crippen molar-refractivity contribution in [1.29, 1.82) is 0 Å². The number of hydrogen-bond acceptors (Lipinski definition) is 5. The van der Waals surface area contributed by atoms with Crippen molar-refractivity contribution in [2.24, 2.45) is 4.99 Å². The number of hydrogen-bond donors (Lipinski definition) is 2. The summed E-state index contributed by atoms with van der Waals surface area (Å²) in [7, 11) is 1.76. The van der Waals surface area contributed by atoms with Gasteiger partial charge in [-0.15, -0.1) is 35.3 Å². The monoisotopic (exact) mass is 440 g/mol. The van der Waals surface area contributed by atoms with Gasteiger partial charge in [0, 0.05) is 30.8 Å². The zero-order chi connectivity index (χ0) is 15.1. The van der Waals surface area contributed by atoms with Gasteiger partial charge in [0.25, 0.3) is 0 Å². The summed E-state index contributed by atoms with van der Waals surface area (Å²) in [5, 5.41) is 7.64. The lowest BCUT2D eigenvalue weighted by Crippen LogP contribution is -2.44. The molecular formula is C14H25IN4O2S. The van der Waals surface area contributed by atoms with E-state index in [4.69, 9.17) is 9.47 Å². The Labute approximate surface area is 153 Å². The number of ether oxygens (including phenoxy) is 2. The molecule has 8 heteroatoms. The van der Waals surface area contributed by atoms with Gasteiger partial charge in [0.05, 0.1) is 25.9 Å². The van der Waals surface area contributed by atoms with Crippen LogP contribution >= 0.6 is 35.3 Å². The molecule has 2 unspecified atom stereocenters. The van der Waals surface area contributed by atoms with Gasteiger partial charge in [0.2, 0.25) is 0 Å². The fourth-order valence-electron chi connectivity index (χ4n) is 2.04. The van der Waals surface area contributed by atoms with Crippen LogP contribution in [0.25, 0.3) is 0 Å². The molecular weight excluding hydrogens is 415 g/mol. The summed E-state index contributed by atoms with van der Waals surface area (Å²) in [6.45, 7) is 6.98. The smallest absolute Gasteiger partial charge is 0.191 e. The van der Waals surface area contributed by atoms with Crippen LogP contribution in [0.3, 0.4) is 0 Å². The predicted molar refractivity (Wildman–Crippen MR) is 100 cm³/mol. The van der Waals surface area contributed by atoms with Crippen molar-refractivity contribution in [3.8, 4) is 0 Å². The van der Waals surface area contributed by atoms with E-state index in [9.17, 15) is 0 Å². The molecule has 0 spiro atoms. The molecule has 22 heavy (non-hydrogen) atoms. The van der Waals surface area contributed by atoms with Crippen LogP contribution < -0.4 is 10.6 Å². The van der Waals surface area contributed by atoms with Gasteiger partial charge in [0.1, 0.15) is 5.01 Å². The Morgan fingerprint density at radius 2 is 2.45 bits per heavy atom. The molecule has 0 bridgehead atoms. The highest BCUT2D eigenvalue weighted by Gasteiger charge is 2.17. The minimum Gasteiger partial charge on any atom is -0.379 e. The highest BCUT2D eigenvalue weighted by molar-refractivity contribution is 14.0. The summed E-state index contributed by atoms with van der Waals surface area (Å²) < 4.78 is 11.1. The average molecular weight is 440 g/mol. The topological polar surface area (TPSA) is 67.8 Å². The molecule has 2 rings (SSSR count). The quantitative estimate of drug-likeness (QED) is 0.402. The molecule has 1 saturated heterocycles. The van der Waals surface area contributed by atoms with Crippen molar-refractivity contribution >= 4 is 41.3 Å². The lowest BCUT2D eigenvalue weighted by Gasteiger charge is -2.19. The van der Waals surface area contributed by atoms with Gasteiger partial charge in [-0.05, 0) is 20.3 Å². The molecule has 1 fully saturated rings. The minimum absolute atomic E-state index is 0. The second kappa shape index (κ2) is 10.3. The van der Waals surface area contributed by atoms with Crippen LogP contribution in [0.1, 0.15) is 23.2 Å². The van der Waals surface area contributed by atoms with E-state index in [1.165, 1.54) is 4.88 Å². The van der Waals surface area contributed by atoms with Crippen LogP contribution in [0.4, 0.5) is 0 Å². The second-order valence-corrected chi connectivity index (χ2v) is 6.47. The number of thiazole rings is 1. The van der Waals surface area contributed by atoms with Gasteiger partial charge in [-0.3, -0.25) is 4.99 Å². The molecule has 1 aliphatic rings. The average Bonchev–Trinajstić information content (AvgIpc) is 3.12. The summed E-state index contributed by atoms with van der Waals surface area (Å²) >= 11 is 1.69. The first-order valence-electron chi connectivity index (χ1n) is 7.25. The number of nitrogens with zero attached hydrogens (tertiary/aromatic N) is 2. The molecule has 0 radical (unpaired) electrons. The molecule has 2 N–H and O–H groups in total. The Hall–Kier alpha value is -0.450. The van der Waals surface area contributed by atoms with E-state index in [2.05, 4.69) is 34.5 Å². The van der Waals surface area contributed by atoms with Crippen molar-refractivity contribution in [2.45, 2.75) is 39.0 Å². The van der Waals surface area contributed by atoms with E-state index >= 15 is 0 Å². The van der Waals surface area contributed by atoms with Crippen molar-refractivity contribution in [3.05, 3.63) is 16.1 Å². The maximum absolute atomic E-state index is 5.80. The van der Waals surface area contributed by atoms with Crippen LogP contribution in [0, 0.1) is 6.92 Å². The second-order valence-electron chi connectivity index (χ2n) is 5.15. The molecule has 1 aromatic rings. The highest BCUT2D eigenvalue weighted by atomic mass is 127. The number of guanidine groups is 1. The number of halogens is 1. The lowest BCUT2D eigenvalue weighted by atomic mass is 10.3. The van der Waals surface area contributed by atoms with Crippen LogP contribution in [0.15, 0.2) is 11.2 Å². The third-order valence-corrected chi connectivity index (χ3v) is 4.07. The van der Waals surface area contributed by atoms with Crippen molar-refractivity contribution in [3.63, 3.8) is 0 Å². The molecule has 0 amide bonds. The number of nitrogens with one attached hydrogen (secondary N) is 2. The molecule has 0 aromatic carbocycles. The fraction of sp³-hybridized carbons (Fsp3) is 0.714. The molecule has 1 aliphatic heterocycles. The normalized spacial score (nSPS) is 19.6. The van der Waals surface area contributed by atoms with Crippen LogP contribution in [-0.2, 0) is 16.0 Å². The highest BCUT2D eigenvalue weighted by Crippen LogP contribution is 2.10. The SMILES string of the molecule is CN=C(NCc1ncc(C)s1)NC(C)COC1CCOC1.I. The van der Waals surface area contributed by atoms with Gasteiger partial charge in [-0.2, -0.15) is 0 Å². The zero-order valence-corrected chi connectivity index (χ0v) is 16.4. The molecule has 2 heterocycles. The lowest BCUT2D eigenvalue weighted by molar-refractivity contribution is 0.0347. The van der Waals surface area contributed by atoms with Gasteiger partial charge < -0.3 is 20.1 Å². The van der Waals surface area contributed by atoms with E-state index < -0.39 is 0 Å². The van der Waals surface area contributed by atoms with Crippen molar-refractivity contribution in [1.82, 2.24) is 15.6 Å². The molecule has 6 nitrogen and oxygen atoms in total. The summed E-state index contributed by atoms with van der Waals surface area (Å²) in [5.74, 6) is 0.765. The summed E-state index contributed by atoms with van der Waals surface area (Å²) in [6.07, 6.45) is 3.11. The Kier molecular flexibility index (Phi) is 9.22. The van der Waals surface area contributed by atoms with E-state index in [1.807, 2.05) is 6.20 Å². The molecule has 0 saturated carbocycles. The van der Waals surface area contributed by atoms with Gasteiger partial charge >= 0.3 is 0 Å². The van der Waals surface area contributed by atoms with Crippen molar-refractivity contribution < 1.29 is 9.47 Å². The molecule has 0 aliphatic carbocycles. The molecule has 1 aromatic heterocycles. The first kappa shape index (κ1) is 19.6. The zero-order valence-electron chi connectivity index (χ0n) is 13.3. The van der Waals surface area contributed by atoms with Crippen molar-refractivity contribution in [2.75, 3.05) is 26.9 Å². The maximum atomic E-state index is 5.80. The Bertz CT molecular complexity index is 463. The minimum atomic E-state index is 0. The van der Waals surface area contributed by atoms with Gasteiger partial charge in [-0.25, -0.2) is 4.98 Å². The summed E-state index contributed by atoms with van der Waals surface area (Å²) in [4.78, 5) is 9.76. The largest absolute Gasteiger partial charge is 0.379 e. The standard InChI is InChI=1S/C14H24N4O2S.HI/c1-10(8-20-12-4-5-19-9-12)18-14(15-3)17-7-13-16-6-11(2)21-13;/h6,10,12H,4-5,7-9H2,1-3H3,(H2,15,17,18);1H. The van der Waals surface area contributed by atoms with E-state index in [1.54, 1.807) is 18.4 Å². The third-order valence-electron chi connectivity index (χ3n) is 3.15. The Morgan fingerprint density at radius 1 is 1.64 bits per heavy atom. The van der Waals surface area contributed by atoms with E-state index in [0.717, 1.165) is 24.0 Å². The number of aliphatic imine (C=N–C) groups is 1. The first-order chi connectivity index (χ1) is 10.2. The molecule has 126 valence electrons. The van der Waals surface area contributed by atoms with Crippen LogP contribution in [-0.4, -0.2) is 50.0 Å². The Morgan fingerprint density at radius 3 is 3.05 bits per heavy atom. The van der Waals surface area contributed by atoms with E-state index in [-0.39, 0.29) is 36.1 Å².